The Labute approximate surface area is 151 Å². The molecule has 1 aliphatic rings. The molecule has 25 heavy (non-hydrogen) atoms. The Morgan fingerprint density at radius 1 is 1.08 bits per heavy atom. The molecule has 1 amide bonds. The van der Waals surface area contributed by atoms with Crippen molar-refractivity contribution in [3.63, 3.8) is 0 Å². The molecule has 1 saturated heterocycles. The average Bonchev–Trinajstić information content (AvgIpc) is 2.60. The van der Waals surface area contributed by atoms with Crippen molar-refractivity contribution in [1.82, 2.24) is 9.62 Å². The molecule has 0 saturated carbocycles. The third-order valence-electron chi connectivity index (χ3n) is 4.62. The van der Waals surface area contributed by atoms with E-state index in [1.807, 2.05) is 6.92 Å². The third-order valence-corrected chi connectivity index (χ3v) is 6.58. The number of hydrogen-bond donors (Lipinski definition) is 1. The number of carbonyl (C=O) groups excluding carboxylic acids is 1. The molecule has 0 radical (unpaired) electrons. The predicted octanol–water partition coefficient (Wildman–Crippen LogP) is 3.42. The van der Waals surface area contributed by atoms with Crippen molar-refractivity contribution < 1.29 is 13.2 Å². The second kappa shape index (κ2) is 8.81. The lowest BCUT2D eigenvalue weighted by Gasteiger charge is -2.26. The molecule has 5 nitrogen and oxygen atoms in total. The van der Waals surface area contributed by atoms with Gasteiger partial charge < -0.3 is 5.32 Å². The fourth-order valence-electron chi connectivity index (χ4n) is 3.08. The average molecular weight is 367 g/mol. The first-order valence-electron chi connectivity index (χ1n) is 9.22. The maximum absolute atomic E-state index is 13.0. The zero-order valence-electron chi connectivity index (χ0n) is 15.5. The van der Waals surface area contributed by atoms with Crippen molar-refractivity contribution >= 4 is 15.9 Å². The van der Waals surface area contributed by atoms with Crippen LogP contribution in [0.4, 0.5) is 0 Å². The zero-order valence-corrected chi connectivity index (χ0v) is 16.3. The predicted molar refractivity (Wildman–Crippen MR) is 100 cm³/mol. The van der Waals surface area contributed by atoms with E-state index < -0.39 is 10.0 Å². The van der Waals surface area contributed by atoms with Crippen molar-refractivity contribution in [3.8, 4) is 0 Å². The summed E-state index contributed by atoms with van der Waals surface area (Å²) in [5.41, 5.74) is 0.240. The Bertz CT molecular complexity index is 680. The van der Waals surface area contributed by atoms with E-state index in [1.165, 1.54) is 10.4 Å². The standard InChI is InChI=1S/C19H30N2O3S/c1-15(2)11-12-16(3)20-19(22)17-9-5-6-10-18(17)25(23,24)21-13-7-4-8-14-21/h5-6,9-10,15-16H,4,7-8,11-14H2,1-3H3,(H,20,22). The number of nitrogens with one attached hydrogen (secondary N) is 1. The van der Waals surface area contributed by atoms with Crippen LogP contribution in [0.25, 0.3) is 0 Å². The highest BCUT2D eigenvalue weighted by Gasteiger charge is 2.29. The molecule has 1 aliphatic heterocycles. The van der Waals surface area contributed by atoms with Crippen LogP contribution < -0.4 is 5.32 Å². The van der Waals surface area contributed by atoms with Crippen LogP contribution in [0.3, 0.4) is 0 Å². The van der Waals surface area contributed by atoms with Crippen LogP contribution in [0.15, 0.2) is 29.2 Å². The lowest BCUT2D eigenvalue weighted by Crippen LogP contribution is -2.38. The first-order chi connectivity index (χ1) is 11.8. The summed E-state index contributed by atoms with van der Waals surface area (Å²) in [5.74, 6) is 0.263. The highest BCUT2D eigenvalue weighted by Crippen LogP contribution is 2.23. The van der Waals surface area contributed by atoms with E-state index in [0.29, 0.717) is 19.0 Å². The number of benzene rings is 1. The van der Waals surface area contributed by atoms with Crippen molar-refractivity contribution in [2.75, 3.05) is 13.1 Å². The highest BCUT2D eigenvalue weighted by atomic mass is 32.2. The van der Waals surface area contributed by atoms with Gasteiger partial charge in [0.15, 0.2) is 0 Å². The van der Waals surface area contributed by atoms with Crippen molar-refractivity contribution in [2.45, 2.75) is 63.8 Å². The van der Waals surface area contributed by atoms with Crippen molar-refractivity contribution in [1.29, 1.82) is 0 Å². The molecule has 1 fully saturated rings. The fraction of sp³-hybridized carbons (Fsp3) is 0.632. The molecule has 0 bridgehead atoms. The number of nitrogens with zero attached hydrogens (tertiary/aromatic N) is 1. The minimum Gasteiger partial charge on any atom is -0.350 e. The van der Waals surface area contributed by atoms with Crippen LogP contribution in [0.1, 0.15) is 63.2 Å². The quantitative estimate of drug-likeness (QED) is 0.804. The van der Waals surface area contributed by atoms with Gasteiger partial charge in [0.2, 0.25) is 10.0 Å². The number of amides is 1. The van der Waals surface area contributed by atoms with E-state index >= 15 is 0 Å². The van der Waals surface area contributed by atoms with E-state index in [-0.39, 0.29) is 22.4 Å². The smallest absolute Gasteiger partial charge is 0.252 e. The summed E-state index contributed by atoms with van der Waals surface area (Å²) in [6.07, 6.45) is 4.71. The van der Waals surface area contributed by atoms with Crippen molar-refractivity contribution in [3.05, 3.63) is 29.8 Å². The number of piperidine rings is 1. The molecule has 0 spiro atoms. The summed E-state index contributed by atoms with van der Waals surface area (Å²) in [6.45, 7) is 7.32. The summed E-state index contributed by atoms with van der Waals surface area (Å²) >= 11 is 0. The number of hydrogen-bond acceptors (Lipinski definition) is 3. The van der Waals surface area contributed by atoms with Crippen LogP contribution >= 0.6 is 0 Å². The summed E-state index contributed by atoms with van der Waals surface area (Å²) in [7, 11) is -3.63. The Morgan fingerprint density at radius 3 is 2.36 bits per heavy atom. The lowest BCUT2D eigenvalue weighted by atomic mass is 10.0. The molecule has 1 unspecified atom stereocenters. The van der Waals surface area contributed by atoms with Crippen LogP contribution in [-0.2, 0) is 10.0 Å². The number of rotatable bonds is 7. The van der Waals surface area contributed by atoms with Gasteiger partial charge in [0, 0.05) is 19.1 Å². The van der Waals surface area contributed by atoms with Crippen LogP contribution in [-0.4, -0.2) is 37.8 Å². The molecule has 6 heteroatoms. The first kappa shape index (κ1) is 19.9. The Hall–Kier alpha value is -1.40. The Balaban J connectivity index is 2.18. The van der Waals surface area contributed by atoms with E-state index in [1.54, 1.807) is 18.2 Å². The van der Waals surface area contributed by atoms with E-state index in [9.17, 15) is 13.2 Å². The third kappa shape index (κ3) is 5.28. The summed E-state index contributed by atoms with van der Waals surface area (Å²) in [6, 6.07) is 6.54. The Morgan fingerprint density at radius 2 is 1.72 bits per heavy atom. The second-order valence-electron chi connectivity index (χ2n) is 7.31. The molecule has 2 rings (SSSR count). The van der Waals surface area contributed by atoms with Gasteiger partial charge >= 0.3 is 0 Å². The fourth-order valence-corrected chi connectivity index (χ4v) is 4.79. The second-order valence-corrected chi connectivity index (χ2v) is 9.21. The molecule has 1 atom stereocenters. The molecule has 0 aromatic heterocycles. The summed E-state index contributed by atoms with van der Waals surface area (Å²) < 4.78 is 27.4. The summed E-state index contributed by atoms with van der Waals surface area (Å²) in [5, 5.41) is 2.95. The first-order valence-corrected chi connectivity index (χ1v) is 10.7. The molecular formula is C19H30N2O3S. The minimum atomic E-state index is -3.63. The van der Waals surface area contributed by atoms with Gasteiger partial charge in [-0.25, -0.2) is 8.42 Å². The maximum Gasteiger partial charge on any atom is 0.252 e. The highest BCUT2D eigenvalue weighted by molar-refractivity contribution is 7.89. The normalized spacial score (nSPS) is 17.4. The monoisotopic (exact) mass is 366 g/mol. The Kier molecular flexibility index (Phi) is 7.02. The zero-order chi connectivity index (χ0) is 18.4. The van der Waals surface area contributed by atoms with E-state index in [2.05, 4.69) is 19.2 Å². The maximum atomic E-state index is 13.0. The van der Waals surface area contributed by atoms with E-state index in [0.717, 1.165) is 32.1 Å². The van der Waals surface area contributed by atoms with Crippen molar-refractivity contribution in [2.24, 2.45) is 5.92 Å². The van der Waals surface area contributed by atoms with Gasteiger partial charge in [0.25, 0.3) is 5.91 Å². The van der Waals surface area contributed by atoms with E-state index in [4.69, 9.17) is 0 Å². The van der Waals surface area contributed by atoms with Crippen LogP contribution in [0.2, 0.25) is 0 Å². The molecule has 0 aliphatic carbocycles. The molecule has 1 aromatic rings. The molecule has 1 aromatic carbocycles. The SMILES string of the molecule is CC(C)CCC(C)NC(=O)c1ccccc1S(=O)(=O)N1CCCCC1. The largest absolute Gasteiger partial charge is 0.350 e. The van der Waals surface area contributed by atoms with Gasteiger partial charge in [-0.3, -0.25) is 4.79 Å². The van der Waals surface area contributed by atoms with Gasteiger partial charge in [-0.2, -0.15) is 4.31 Å². The van der Waals surface area contributed by atoms with Gasteiger partial charge in [0.1, 0.15) is 0 Å². The summed E-state index contributed by atoms with van der Waals surface area (Å²) in [4.78, 5) is 12.8. The topological polar surface area (TPSA) is 66.5 Å². The van der Waals surface area contributed by atoms with Crippen LogP contribution in [0.5, 0.6) is 0 Å². The van der Waals surface area contributed by atoms with Gasteiger partial charge in [-0.1, -0.05) is 32.4 Å². The number of carbonyl (C=O) groups is 1. The van der Waals surface area contributed by atoms with Gasteiger partial charge in [-0.05, 0) is 50.7 Å². The number of sulfonamides is 1. The lowest BCUT2D eigenvalue weighted by molar-refractivity contribution is 0.0933. The van der Waals surface area contributed by atoms with Gasteiger partial charge in [0.05, 0.1) is 10.5 Å². The molecular weight excluding hydrogens is 336 g/mol. The van der Waals surface area contributed by atoms with Crippen LogP contribution in [0, 0.1) is 5.92 Å². The molecule has 1 N–H and O–H groups in total. The molecule has 140 valence electrons. The minimum absolute atomic E-state index is 0.0145. The van der Waals surface area contributed by atoms with Gasteiger partial charge in [-0.15, -0.1) is 0 Å². The molecule has 1 heterocycles.